The number of carbonyl (C=O) groups is 1. The van der Waals surface area contributed by atoms with Gasteiger partial charge in [-0.2, -0.15) is 0 Å². The molecule has 0 saturated carbocycles. The summed E-state index contributed by atoms with van der Waals surface area (Å²) in [7, 11) is 0. The topological polar surface area (TPSA) is 88.0 Å². The van der Waals surface area contributed by atoms with E-state index < -0.39 is 0 Å². The van der Waals surface area contributed by atoms with E-state index in [1.54, 1.807) is 12.1 Å². The molecule has 0 bridgehead atoms. The number of Topliss-reactive ketones (excluding diaryl/α,β-unsaturated/α-hetero) is 1. The number of aromatic nitrogens is 3. The largest absolute Gasteiger partial charge is 0.508 e. The van der Waals surface area contributed by atoms with Crippen LogP contribution in [0, 0.1) is 0 Å². The van der Waals surface area contributed by atoms with E-state index in [2.05, 4.69) is 10.2 Å². The summed E-state index contributed by atoms with van der Waals surface area (Å²) in [6, 6.07) is 6.09. The normalized spacial score (nSPS) is 10.7. The lowest BCUT2D eigenvalue weighted by atomic mass is 10.1. The lowest BCUT2D eigenvalue weighted by molar-refractivity contribution is 0.102. The second kappa shape index (κ2) is 6.42. The molecule has 0 aliphatic heterocycles. The third-order valence-corrected chi connectivity index (χ3v) is 3.67. The lowest BCUT2D eigenvalue weighted by Gasteiger charge is -2.03. The minimum Gasteiger partial charge on any atom is -0.508 e. The summed E-state index contributed by atoms with van der Waals surface area (Å²) in [5.41, 5.74) is 0.265. The minimum absolute atomic E-state index is 0.0755. The summed E-state index contributed by atoms with van der Waals surface area (Å²) in [5.74, 6) is 0.241. The third-order valence-electron chi connectivity index (χ3n) is 2.69. The fraction of sp³-hybridized carbons (Fsp3) is 0.308. The molecule has 0 saturated heterocycles. The van der Waals surface area contributed by atoms with E-state index in [1.807, 2.05) is 6.92 Å². The second-order valence-electron chi connectivity index (χ2n) is 4.22. The number of rotatable bonds is 6. The molecule has 0 amide bonds. The highest BCUT2D eigenvalue weighted by atomic mass is 32.2. The monoisotopic (exact) mass is 293 g/mol. The molecule has 20 heavy (non-hydrogen) atoms. The van der Waals surface area contributed by atoms with Crippen LogP contribution in [0.2, 0.25) is 0 Å². The van der Waals surface area contributed by atoms with Crippen molar-refractivity contribution in [2.75, 3.05) is 5.75 Å². The molecule has 2 aromatic rings. The maximum absolute atomic E-state index is 12.0. The predicted molar refractivity (Wildman–Crippen MR) is 76.3 cm³/mol. The van der Waals surface area contributed by atoms with Crippen LogP contribution >= 0.6 is 11.8 Å². The van der Waals surface area contributed by atoms with E-state index >= 15 is 0 Å². The standard InChI is InChI=1S/C13H15N3O3S/c1-2-7-16-12(19)14-15-13(16)20-8-11(18)9-3-5-10(17)6-4-9/h3-6,17H,2,7-8H2,1H3,(H,14,19). The highest BCUT2D eigenvalue weighted by Crippen LogP contribution is 2.17. The van der Waals surface area contributed by atoms with E-state index in [0.29, 0.717) is 17.3 Å². The van der Waals surface area contributed by atoms with Crippen LogP contribution in [0.15, 0.2) is 34.2 Å². The molecule has 0 spiro atoms. The van der Waals surface area contributed by atoms with Crippen LogP contribution in [0.25, 0.3) is 0 Å². The summed E-state index contributed by atoms with van der Waals surface area (Å²) >= 11 is 1.22. The molecule has 1 aromatic carbocycles. The van der Waals surface area contributed by atoms with Crippen molar-refractivity contribution in [3.8, 4) is 5.75 Å². The van der Waals surface area contributed by atoms with E-state index in [0.717, 1.165) is 6.42 Å². The molecule has 0 fully saturated rings. The van der Waals surface area contributed by atoms with Gasteiger partial charge in [0.25, 0.3) is 0 Å². The molecule has 7 heteroatoms. The number of aromatic hydroxyl groups is 1. The van der Waals surface area contributed by atoms with E-state index in [9.17, 15) is 14.7 Å². The van der Waals surface area contributed by atoms with Crippen LogP contribution in [0.3, 0.4) is 0 Å². The molecule has 0 unspecified atom stereocenters. The van der Waals surface area contributed by atoms with Gasteiger partial charge in [-0.1, -0.05) is 18.7 Å². The average molecular weight is 293 g/mol. The first-order valence-corrected chi connectivity index (χ1v) is 7.20. The summed E-state index contributed by atoms with van der Waals surface area (Å²) in [4.78, 5) is 23.5. The van der Waals surface area contributed by atoms with E-state index in [-0.39, 0.29) is 23.0 Å². The Balaban J connectivity index is 2.03. The summed E-state index contributed by atoms with van der Waals surface area (Å²) in [6.45, 7) is 2.54. The number of phenols is 1. The van der Waals surface area contributed by atoms with E-state index in [1.165, 1.54) is 28.5 Å². The number of thioether (sulfide) groups is 1. The molecule has 0 atom stereocenters. The minimum atomic E-state index is -0.258. The van der Waals surface area contributed by atoms with Crippen LogP contribution in [-0.4, -0.2) is 31.4 Å². The SMILES string of the molecule is CCCn1c(SCC(=O)c2ccc(O)cc2)n[nH]c1=O. The third kappa shape index (κ3) is 3.30. The lowest BCUT2D eigenvalue weighted by Crippen LogP contribution is -2.17. The van der Waals surface area contributed by atoms with Crippen LogP contribution in [0.1, 0.15) is 23.7 Å². The highest BCUT2D eigenvalue weighted by Gasteiger charge is 2.12. The summed E-state index contributed by atoms with van der Waals surface area (Å²) in [5, 5.41) is 16.0. The molecule has 2 rings (SSSR count). The number of carbonyl (C=O) groups excluding carboxylic acids is 1. The zero-order valence-electron chi connectivity index (χ0n) is 11.0. The number of phenolic OH excluding ortho intramolecular Hbond substituents is 1. The predicted octanol–water partition coefficient (Wildman–Crippen LogP) is 1.66. The molecule has 0 aliphatic carbocycles. The quantitative estimate of drug-likeness (QED) is 0.624. The van der Waals surface area contributed by atoms with Crippen LogP contribution < -0.4 is 5.69 Å². The van der Waals surface area contributed by atoms with Gasteiger partial charge in [0, 0.05) is 12.1 Å². The Bertz CT molecular complexity index is 646. The molecule has 0 radical (unpaired) electrons. The smallest absolute Gasteiger partial charge is 0.343 e. The number of benzene rings is 1. The maximum Gasteiger partial charge on any atom is 0.343 e. The van der Waals surface area contributed by atoms with Crippen LogP contribution in [0.4, 0.5) is 0 Å². The Hall–Kier alpha value is -2.02. The Morgan fingerprint density at radius 3 is 2.75 bits per heavy atom. The maximum atomic E-state index is 12.0. The van der Waals surface area contributed by atoms with Crippen molar-refractivity contribution in [3.05, 3.63) is 40.3 Å². The molecule has 1 heterocycles. The number of H-pyrrole nitrogens is 1. The molecule has 6 nitrogen and oxygen atoms in total. The Morgan fingerprint density at radius 2 is 2.10 bits per heavy atom. The number of nitrogens with zero attached hydrogens (tertiary/aromatic N) is 2. The number of aromatic amines is 1. The summed E-state index contributed by atoms with van der Waals surface area (Å²) in [6.07, 6.45) is 0.818. The zero-order chi connectivity index (χ0) is 14.5. The van der Waals surface area contributed by atoms with Gasteiger partial charge in [0.2, 0.25) is 0 Å². The van der Waals surface area contributed by atoms with Crippen molar-refractivity contribution in [1.29, 1.82) is 0 Å². The van der Waals surface area contributed by atoms with Crippen molar-refractivity contribution >= 4 is 17.5 Å². The first-order chi connectivity index (χ1) is 9.61. The van der Waals surface area contributed by atoms with Crippen molar-refractivity contribution in [1.82, 2.24) is 14.8 Å². The van der Waals surface area contributed by atoms with Crippen molar-refractivity contribution in [2.45, 2.75) is 25.0 Å². The van der Waals surface area contributed by atoms with Gasteiger partial charge >= 0.3 is 5.69 Å². The molecular formula is C13H15N3O3S. The number of hydrogen-bond donors (Lipinski definition) is 2. The number of hydrogen-bond acceptors (Lipinski definition) is 5. The fourth-order valence-corrected chi connectivity index (χ4v) is 2.56. The van der Waals surface area contributed by atoms with Gasteiger partial charge in [-0.05, 0) is 30.7 Å². The fourth-order valence-electron chi connectivity index (χ4n) is 1.69. The molecule has 2 N–H and O–H groups in total. The molecule has 0 aliphatic rings. The average Bonchev–Trinajstić information content (AvgIpc) is 2.79. The first-order valence-electron chi connectivity index (χ1n) is 6.22. The van der Waals surface area contributed by atoms with Gasteiger partial charge in [-0.15, -0.1) is 5.10 Å². The number of nitrogens with one attached hydrogen (secondary N) is 1. The Labute approximate surface area is 119 Å². The van der Waals surface area contributed by atoms with Gasteiger partial charge in [0.05, 0.1) is 5.75 Å². The first kappa shape index (κ1) is 14.4. The van der Waals surface area contributed by atoms with Gasteiger partial charge in [0.1, 0.15) is 5.75 Å². The Kier molecular flexibility index (Phi) is 4.62. The highest BCUT2D eigenvalue weighted by molar-refractivity contribution is 7.99. The van der Waals surface area contributed by atoms with Crippen LogP contribution in [-0.2, 0) is 6.54 Å². The van der Waals surface area contributed by atoms with Crippen molar-refractivity contribution in [3.63, 3.8) is 0 Å². The van der Waals surface area contributed by atoms with Gasteiger partial charge in [-0.25, -0.2) is 9.89 Å². The van der Waals surface area contributed by atoms with Gasteiger partial charge < -0.3 is 5.11 Å². The molecular weight excluding hydrogens is 278 g/mol. The summed E-state index contributed by atoms with van der Waals surface area (Å²) < 4.78 is 1.52. The zero-order valence-corrected chi connectivity index (χ0v) is 11.8. The van der Waals surface area contributed by atoms with Gasteiger partial charge in [-0.3, -0.25) is 9.36 Å². The van der Waals surface area contributed by atoms with Crippen molar-refractivity contribution in [2.24, 2.45) is 0 Å². The molecule has 1 aromatic heterocycles. The van der Waals surface area contributed by atoms with Crippen molar-refractivity contribution < 1.29 is 9.90 Å². The Morgan fingerprint density at radius 1 is 1.40 bits per heavy atom. The second-order valence-corrected chi connectivity index (χ2v) is 5.16. The van der Waals surface area contributed by atoms with Gasteiger partial charge in [0.15, 0.2) is 10.9 Å². The molecule has 106 valence electrons. The number of ketones is 1. The van der Waals surface area contributed by atoms with Crippen LogP contribution in [0.5, 0.6) is 5.75 Å². The van der Waals surface area contributed by atoms with E-state index in [4.69, 9.17) is 0 Å².